The van der Waals surface area contributed by atoms with E-state index in [1.165, 1.54) is 24.3 Å². The van der Waals surface area contributed by atoms with Gasteiger partial charge < -0.3 is 0 Å². The number of hydrogen-bond donors (Lipinski definition) is 1. The van der Waals surface area contributed by atoms with Crippen LogP contribution in [0.5, 0.6) is 0 Å². The number of rotatable bonds is 3. The van der Waals surface area contributed by atoms with Gasteiger partial charge in [0.05, 0.1) is 4.90 Å². The molecule has 2 N–H and O–H groups in total. The molecule has 6 heteroatoms. The van der Waals surface area contributed by atoms with Gasteiger partial charge in [-0.2, -0.15) is 0 Å². The van der Waals surface area contributed by atoms with Crippen LogP contribution >= 0.6 is 15.9 Å². The lowest BCUT2D eigenvalue weighted by molar-refractivity contribution is 0.598. The summed E-state index contributed by atoms with van der Waals surface area (Å²) in [5.74, 6) is -0.341. The molecule has 0 fully saturated rings. The minimum atomic E-state index is -3.76. The molecular weight excluding hydrogens is 333 g/mol. The highest BCUT2D eigenvalue weighted by atomic mass is 79.9. The molecule has 2 aromatic carbocycles. The van der Waals surface area contributed by atoms with E-state index in [4.69, 9.17) is 5.14 Å². The van der Waals surface area contributed by atoms with Crippen LogP contribution < -0.4 is 5.14 Å². The summed E-state index contributed by atoms with van der Waals surface area (Å²) in [6, 6.07) is 10.5. The van der Waals surface area contributed by atoms with Gasteiger partial charge in [-0.25, -0.2) is 17.9 Å². The fourth-order valence-electron chi connectivity index (χ4n) is 1.75. The molecular formula is C13H11BrFNO2S. The molecule has 0 atom stereocenters. The summed E-state index contributed by atoms with van der Waals surface area (Å²) < 4.78 is 35.7. The van der Waals surface area contributed by atoms with Crippen molar-refractivity contribution in [2.24, 2.45) is 5.14 Å². The van der Waals surface area contributed by atoms with E-state index < -0.39 is 10.0 Å². The number of primary sulfonamides is 1. The number of nitrogens with two attached hydrogens (primary N) is 1. The first-order valence-electron chi connectivity index (χ1n) is 5.39. The largest absolute Gasteiger partial charge is 0.238 e. The Hall–Kier alpha value is -1.24. The van der Waals surface area contributed by atoms with Crippen LogP contribution in [-0.2, 0) is 15.4 Å². The Morgan fingerprint density at radius 2 is 1.74 bits per heavy atom. The third-order valence-electron chi connectivity index (χ3n) is 2.71. The molecule has 3 nitrogen and oxygen atoms in total. The highest BCUT2D eigenvalue weighted by molar-refractivity contribution is 9.08. The van der Waals surface area contributed by atoms with Crippen LogP contribution in [0.3, 0.4) is 0 Å². The van der Waals surface area contributed by atoms with Crippen LogP contribution in [0.15, 0.2) is 47.4 Å². The molecule has 0 saturated carbocycles. The van der Waals surface area contributed by atoms with E-state index in [0.29, 0.717) is 10.9 Å². The summed E-state index contributed by atoms with van der Waals surface area (Å²) >= 11 is 3.34. The first-order valence-corrected chi connectivity index (χ1v) is 8.06. The fraction of sp³-hybridized carbons (Fsp3) is 0.0769. The lowest BCUT2D eigenvalue weighted by Crippen LogP contribution is -2.12. The second kappa shape index (κ2) is 5.40. The number of halogens is 2. The molecule has 2 rings (SSSR count). The standard InChI is InChI=1S/C13H11BrFNO2S/c14-8-10-3-6-12(19(16,17)18)7-13(10)9-1-4-11(15)5-2-9/h1-7H,8H2,(H2,16,17,18). The van der Waals surface area contributed by atoms with Gasteiger partial charge in [0.15, 0.2) is 0 Å². The second-order valence-corrected chi connectivity index (χ2v) is 6.13. The zero-order valence-electron chi connectivity index (χ0n) is 9.81. The number of hydrogen-bond acceptors (Lipinski definition) is 2. The zero-order chi connectivity index (χ0) is 14.0. The molecule has 0 unspecified atom stereocenters. The minimum Gasteiger partial charge on any atom is -0.225 e. The Morgan fingerprint density at radius 3 is 2.26 bits per heavy atom. The Bertz CT molecular complexity index is 699. The Morgan fingerprint density at radius 1 is 1.11 bits per heavy atom. The van der Waals surface area contributed by atoms with E-state index in [2.05, 4.69) is 15.9 Å². The van der Waals surface area contributed by atoms with Crippen molar-refractivity contribution >= 4 is 26.0 Å². The number of benzene rings is 2. The van der Waals surface area contributed by atoms with Crippen molar-refractivity contribution in [2.75, 3.05) is 0 Å². The van der Waals surface area contributed by atoms with E-state index in [1.807, 2.05) is 0 Å². The summed E-state index contributed by atoms with van der Waals surface area (Å²) in [4.78, 5) is 0.0384. The predicted molar refractivity (Wildman–Crippen MR) is 75.8 cm³/mol. The summed E-state index contributed by atoms with van der Waals surface area (Å²) in [5.41, 5.74) is 2.35. The summed E-state index contributed by atoms with van der Waals surface area (Å²) in [6.45, 7) is 0. The van der Waals surface area contributed by atoms with Gasteiger partial charge in [-0.1, -0.05) is 34.1 Å². The first-order chi connectivity index (χ1) is 8.91. The maximum atomic E-state index is 12.9. The second-order valence-electron chi connectivity index (χ2n) is 4.00. The molecule has 100 valence electrons. The Balaban J connectivity index is 2.63. The summed E-state index contributed by atoms with van der Waals surface area (Å²) in [7, 11) is -3.76. The van der Waals surface area contributed by atoms with Crippen LogP contribution in [0.25, 0.3) is 11.1 Å². The average Bonchev–Trinajstić information content (AvgIpc) is 2.38. The fourth-order valence-corrected chi connectivity index (χ4v) is 2.78. The molecule has 19 heavy (non-hydrogen) atoms. The molecule has 0 amide bonds. The van der Waals surface area contributed by atoms with Gasteiger partial charge >= 0.3 is 0 Å². The van der Waals surface area contributed by atoms with Gasteiger partial charge in [0.2, 0.25) is 10.0 Å². The SMILES string of the molecule is NS(=O)(=O)c1ccc(CBr)c(-c2ccc(F)cc2)c1. The van der Waals surface area contributed by atoms with Crippen molar-refractivity contribution in [3.05, 3.63) is 53.8 Å². The maximum Gasteiger partial charge on any atom is 0.238 e. The topological polar surface area (TPSA) is 60.2 Å². The first kappa shape index (κ1) is 14.2. The van der Waals surface area contributed by atoms with Crippen molar-refractivity contribution in [2.45, 2.75) is 10.2 Å². The van der Waals surface area contributed by atoms with Crippen molar-refractivity contribution in [1.29, 1.82) is 0 Å². The van der Waals surface area contributed by atoms with Gasteiger partial charge in [-0.3, -0.25) is 0 Å². The number of alkyl halides is 1. The normalized spacial score (nSPS) is 11.5. The van der Waals surface area contributed by atoms with Gasteiger partial charge in [-0.15, -0.1) is 0 Å². The predicted octanol–water partition coefficient (Wildman–Crippen LogP) is 3.04. The van der Waals surface area contributed by atoms with E-state index in [0.717, 1.165) is 11.1 Å². The van der Waals surface area contributed by atoms with E-state index in [9.17, 15) is 12.8 Å². The van der Waals surface area contributed by atoms with E-state index in [1.54, 1.807) is 18.2 Å². The van der Waals surface area contributed by atoms with Crippen LogP contribution in [0, 0.1) is 5.82 Å². The van der Waals surface area contributed by atoms with Crippen molar-refractivity contribution in [1.82, 2.24) is 0 Å². The molecule has 0 radical (unpaired) electrons. The molecule has 0 spiro atoms. The number of sulfonamides is 1. The lowest BCUT2D eigenvalue weighted by atomic mass is 10.0. The highest BCUT2D eigenvalue weighted by Gasteiger charge is 2.12. The third-order valence-corrected chi connectivity index (χ3v) is 4.22. The van der Waals surface area contributed by atoms with Crippen molar-refractivity contribution < 1.29 is 12.8 Å². The monoisotopic (exact) mass is 343 g/mol. The lowest BCUT2D eigenvalue weighted by Gasteiger charge is -2.09. The molecule has 0 aliphatic rings. The van der Waals surface area contributed by atoms with Gasteiger partial charge in [0.25, 0.3) is 0 Å². The van der Waals surface area contributed by atoms with Gasteiger partial charge in [0.1, 0.15) is 5.82 Å². The van der Waals surface area contributed by atoms with E-state index in [-0.39, 0.29) is 10.7 Å². The molecule has 0 heterocycles. The molecule has 2 aromatic rings. The Labute approximate surface area is 119 Å². The minimum absolute atomic E-state index is 0.0384. The van der Waals surface area contributed by atoms with Crippen molar-refractivity contribution in [3.63, 3.8) is 0 Å². The van der Waals surface area contributed by atoms with E-state index >= 15 is 0 Å². The Kier molecular flexibility index (Phi) is 4.03. The van der Waals surface area contributed by atoms with Crippen LogP contribution in [0.4, 0.5) is 4.39 Å². The summed E-state index contributed by atoms with van der Waals surface area (Å²) in [5, 5.41) is 5.68. The van der Waals surface area contributed by atoms with Crippen LogP contribution in [0.2, 0.25) is 0 Å². The molecule has 0 aliphatic heterocycles. The highest BCUT2D eigenvalue weighted by Crippen LogP contribution is 2.28. The third kappa shape index (κ3) is 3.20. The van der Waals surface area contributed by atoms with Crippen LogP contribution in [-0.4, -0.2) is 8.42 Å². The van der Waals surface area contributed by atoms with Gasteiger partial charge in [0, 0.05) is 5.33 Å². The molecule has 0 saturated heterocycles. The smallest absolute Gasteiger partial charge is 0.225 e. The maximum absolute atomic E-state index is 12.9. The molecule has 0 aliphatic carbocycles. The molecule has 0 aromatic heterocycles. The average molecular weight is 344 g/mol. The molecule has 0 bridgehead atoms. The zero-order valence-corrected chi connectivity index (χ0v) is 12.2. The van der Waals surface area contributed by atoms with Gasteiger partial charge in [-0.05, 0) is 41.0 Å². The quantitative estimate of drug-likeness (QED) is 0.870. The summed E-state index contributed by atoms with van der Waals surface area (Å²) in [6.07, 6.45) is 0. The van der Waals surface area contributed by atoms with Crippen molar-refractivity contribution in [3.8, 4) is 11.1 Å². The van der Waals surface area contributed by atoms with Crippen LogP contribution in [0.1, 0.15) is 5.56 Å².